The third kappa shape index (κ3) is 3.46. The van der Waals surface area contributed by atoms with Gasteiger partial charge >= 0.3 is 0 Å². The average Bonchev–Trinajstić information content (AvgIpc) is 2.48. The molecule has 0 saturated carbocycles. The predicted molar refractivity (Wildman–Crippen MR) is 57.1 cm³/mol. The second-order valence-corrected chi connectivity index (χ2v) is 5.28. The molecule has 0 aromatic carbocycles. The van der Waals surface area contributed by atoms with E-state index in [0.29, 0.717) is 0 Å². The number of aliphatic hydroxyl groups excluding tert-OH is 1. The van der Waals surface area contributed by atoms with E-state index in [1.807, 2.05) is 13.8 Å². The lowest BCUT2D eigenvalue weighted by Gasteiger charge is -2.22. The van der Waals surface area contributed by atoms with Gasteiger partial charge in [0.05, 0.1) is 6.61 Å². The van der Waals surface area contributed by atoms with Crippen LogP contribution in [-0.2, 0) is 6.54 Å². The van der Waals surface area contributed by atoms with Gasteiger partial charge in [0.25, 0.3) is 0 Å². The van der Waals surface area contributed by atoms with E-state index in [1.54, 1.807) is 11.3 Å². The fraction of sp³-hybridized carbons (Fsp3) is 0.600. The van der Waals surface area contributed by atoms with Crippen molar-refractivity contribution >= 4 is 11.3 Å². The summed E-state index contributed by atoms with van der Waals surface area (Å²) in [6, 6.07) is 4.24. The van der Waals surface area contributed by atoms with Gasteiger partial charge in [-0.15, -0.1) is 11.3 Å². The fourth-order valence-electron chi connectivity index (χ4n) is 0.962. The van der Waals surface area contributed by atoms with Gasteiger partial charge in [-0.2, -0.15) is 0 Å². The smallest absolute Gasteiger partial charge is 0.0607 e. The van der Waals surface area contributed by atoms with E-state index in [4.69, 9.17) is 5.11 Å². The summed E-state index contributed by atoms with van der Waals surface area (Å²) < 4.78 is 0. The van der Waals surface area contributed by atoms with Crippen LogP contribution in [0.1, 0.15) is 23.6 Å². The Labute approximate surface area is 83.6 Å². The van der Waals surface area contributed by atoms with E-state index in [9.17, 15) is 0 Å². The Morgan fingerprint density at radius 2 is 2.15 bits per heavy atom. The van der Waals surface area contributed by atoms with Gasteiger partial charge in [-0.3, -0.25) is 0 Å². The molecule has 3 heteroatoms. The van der Waals surface area contributed by atoms with Crippen molar-refractivity contribution in [1.82, 2.24) is 5.32 Å². The third-order valence-corrected chi connectivity index (χ3v) is 2.93. The molecule has 74 valence electrons. The Morgan fingerprint density at radius 3 is 2.62 bits per heavy atom. The highest BCUT2D eigenvalue weighted by molar-refractivity contribution is 7.11. The summed E-state index contributed by atoms with van der Waals surface area (Å²) in [4.78, 5) is 2.65. The Balaban J connectivity index is 2.43. The summed E-state index contributed by atoms with van der Waals surface area (Å²) in [6.07, 6.45) is 0. The van der Waals surface area contributed by atoms with Crippen LogP contribution in [0.4, 0.5) is 0 Å². The van der Waals surface area contributed by atoms with E-state index < -0.39 is 0 Å². The van der Waals surface area contributed by atoms with Crippen LogP contribution in [0.5, 0.6) is 0 Å². The molecule has 0 aliphatic heterocycles. The number of nitrogens with one attached hydrogen (secondary N) is 1. The maximum atomic E-state index is 9.02. The monoisotopic (exact) mass is 199 g/mol. The summed E-state index contributed by atoms with van der Waals surface area (Å²) in [5.74, 6) is 0. The second kappa shape index (κ2) is 4.22. The highest BCUT2D eigenvalue weighted by atomic mass is 32.1. The summed E-state index contributed by atoms with van der Waals surface area (Å²) in [5, 5.41) is 12.3. The molecule has 0 aliphatic rings. The number of hydrogen-bond acceptors (Lipinski definition) is 3. The maximum absolute atomic E-state index is 9.02. The molecular formula is C10H17NOS. The van der Waals surface area contributed by atoms with Crippen molar-refractivity contribution in [2.75, 3.05) is 6.61 Å². The minimum atomic E-state index is -0.183. The lowest BCUT2D eigenvalue weighted by atomic mass is 10.1. The van der Waals surface area contributed by atoms with Gasteiger partial charge in [-0.25, -0.2) is 0 Å². The molecule has 0 aliphatic carbocycles. The number of aryl methyl sites for hydroxylation is 1. The van der Waals surface area contributed by atoms with E-state index >= 15 is 0 Å². The number of rotatable bonds is 4. The number of thiophene rings is 1. The summed E-state index contributed by atoms with van der Waals surface area (Å²) in [7, 11) is 0. The van der Waals surface area contributed by atoms with Crippen LogP contribution in [0.15, 0.2) is 12.1 Å². The lowest BCUT2D eigenvalue weighted by molar-refractivity contribution is 0.187. The van der Waals surface area contributed by atoms with Crippen LogP contribution < -0.4 is 5.32 Å². The third-order valence-electron chi connectivity index (χ3n) is 1.93. The van der Waals surface area contributed by atoms with E-state index in [1.165, 1.54) is 9.75 Å². The fourth-order valence-corrected chi connectivity index (χ4v) is 1.79. The molecule has 0 amide bonds. The van der Waals surface area contributed by atoms with Gasteiger partial charge in [0, 0.05) is 21.8 Å². The van der Waals surface area contributed by atoms with Crippen LogP contribution in [-0.4, -0.2) is 17.3 Å². The first-order chi connectivity index (χ1) is 6.03. The zero-order valence-electron chi connectivity index (χ0n) is 8.42. The zero-order valence-corrected chi connectivity index (χ0v) is 9.24. The van der Waals surface area contributed by atoms with Gasteiger partial charge in [-0.1, -0.05) is 0 Å². The summed E-state index contributed by atoms with van der Waals surface area (Å²) >= 11 is 1.79. The minimum Gasteiger partial charge on any atom is -0.394 e. The van der Waals surface area contributed by atoms with Crippen LogP contribution in [0.25, 0.3) is 0 Å². The van der Waals surface area contributed by atoms with Crippen molar-refractivity contribution in [3.05, 3.63) is 21.9 Å². The minimum absolute atomic E-state index is 0.164. The molecule has 0 radical (unpaired) electrons. The Morgan fingerprint density at radius 1 is 1.46 bits per heavy atom. The molecule has 0 fully saturated rings. The van der Waals surface area contributed by atoms with Gasteiger partial charge < -0.3 is 10.4 Å². The first-order valence-corrected chi connectivity index (χ1v) is 5.26. The number of aliphatic hydroxyl groups is 1. The van der Waals surface area contributed by atoms with E-state index in [2.05, 4.69) is 24.4 Å². The summed E-state index contributed by atoms with van der Waals surface area (Å²) in [6.45, 7) is 7.09. The molecule has 1 rings (SSSR count). The molecule has 1 heterocycles. The van der Waals surface area contributed by atoms with Crippen molar-refractivity contribution < 1.29 is 5.11 Å². The molecule has 0 saturated heterocycles. The van der Waals surface area contributed by atoms with Crippen molar-refractivity contribution in [2.24, 2.45) is 0 Å². The molecule has 0 atom stereocenters. The van der Waals surface area contributed by atoms with Crippen molar-refractivity contribution in [2.45, 2.75) is 32.9 Å². The van der Waals surface area contributed by atoms with Gasteiger partial charge in [0.1, 0.15) is 0 Å². The summed E-state index contributed by atoms with van der Waals surface area (Å²) in [5.41, 5.74) is -0.183. The molecule has 2 N–H and O–H groups in total. The van der Waals surface area contributed by atoms with E-state index in [0.717, 1.165) is 6.54 Å². The second-order valence-electron chi connectivity index (χ2n) is 3.91. The molecular weight excluding hydrogens is 182 g/mol. The average molecular weight is 199 g/mol. The molecule has 2 nitrogen and oxygen atoms in total. The van der Waals surface area contributed by atoms with Crippen molar-refractivity contribution in [3.63, 3.8) is 0 Å². The highest BCUT2D eigenvalue weighted by Crippen LogP contribution is 2.15. The van der Waals surface area contributed by atoms with Gasteiger partial charge in [0.2, 0.25) is 0 Å². The van der Waals surface area contributed by atoms with Crippen LogP contribution in [0.3, 0.4) is 0 Å². The Bertz CT molecular complexity index is 268. The standard InChI is InChI=1S/C10H17NOS/c1-8-4-5-9(13-8)6-11-10(2,3)7-12/h4-5,11-12H,6-7H2,1-3H3. The lowest BCUT2D eigenvalue weighted by Crippen LogP contribution is -2.41. The number of hydrogen-bond donors (Lipinski definition) is 2. The van der Waals surface area contributed by atoms with Gasteiger partial charge in [-0.05, 0) is 32.9 Å². The highest BCUT2D eigenvalue weighted by Gasteiger charge is 2.14. The maximum Gasteiger partial charge on any atom is 0.0607 e. The van der Waals surface area contributed by atoms with Gasteiger partial charge in [0.15, 0.2) is 0 Å². The molecule has 1 aromatic heterocycles. The van der Waals surface area contributed by atoms with Crippen LogP contribution >= 0.6 is 11.3 Å². The largest absolute Gasteiger partial charge is 0.394 e. The molecule has 13 heavy (non-hydrogen) atoms. The SMILES string of the molecule is Cc1ccc(CNC(C)(C)CO)s1. The first-order valence-electron chi connectivity index (χ1n) is 4.45. The van der Waals surface area contributed by atoms with Crippen LogP contribution in [0, 0.1) is 6.92 Å². The first kappa shape index (κ1) is 10.7. The molecule has 0 bridgehead atoms. The predicted octanol–water partition coefficient (Wildman–Crippen LogP) is 1.92. The van der Waals surface area contributed by atoms with E-state index in [-0.39, 0.29) is 12.1 Å². The molecule has 1 aromatic rings. The van der Waals surface area contributed by atoms with Crippen LogP contribution in [0.2, 0.25) is 0 Å². The normalized spacial score (nSPS) is 12.0. The molecule has 0 unspecified atom stereocenters. The van der Waals surface area contributed by atoms with Crippen molar-refractivity contribution in [1.29, 1.82) is 0 Å². The Kier molecular flexibility index (Phi) is 3.47. The topological polar surface area (TPSA) is 32.3 Å². The molecule has 0 spiro atoms. The van der Waals surface area contributed by atoms with Crippen molar-refractivity contribution in [3.8, 4) is 0 Å². The zero-order chi connectivity index (χ0) is 9.90. The Hall–Kier alpha value is -0.380. The quantitative estimate of drug-likeness (QED) is 0.776.